The van der Waals surface area contributed by atoms with Gasteiger partial charge in [-0.15, -0.1) is 0 Å². The van der Waals surface area contributed by atoms with Crippen LogP contribution in [0.25, 0.3) is 0 Å². The van der Waals surface area contributed by atoms with E-state index in [0.29, 0.717) is 0 Å². The largest absolute Gasteiger partial charge is 0.291 e. The Morgan fingerprint density at radius 1 is 1.07 bits per heavy atom. The first-order valence-corrected chi connectivity index (χ1v) is 7.20. The van der Waals surface area contributed by atoms with E-state index in [1.165, 1.54) is 6.16 Å². The lowest BCUT2D eigenvalue weighted by Gasteiger charge is -2.24. The van der Waals surface area contributed by atoms with Crippen LogP contribution < -0.4 is 0 Å². The van der Waals surface area contributed by atoms with Gasteiger partial charge in [-0.25, -0.2) is 0 Å². The number of hydrogen-bond acceptors (Lipinski definition) is 1. The second-order valence-corrected chi connectivity index (χ2v) is 8.83. The van der Waals surface area contributed by atoms with Gasteiger partial charge in [0.1, 0.15) is 0 Å². The zero-order valence-electron chi connectivity index (χ0n) is 10.8. The Morgan fingerprint density at radius 3 is 1.79 bits per heavy atom. The summed E-state index contributed by atoms with van der Waals surface area (Å²) in [5, 5.41) is 0. The SMILES string of the molecule is CC(C)P(CC=NC(C)(C)C)C(C)C. The maximum absolute atomic E-state index is 4.55. The fourth-order valence-electron chi connectivity index (χ4n) is 1.43. The summed E-state index contributed by atoms with van der Waals surface area (Å²) >= 11 is 0. The van der Waals surface area contributed by atoms with E-state index in [1.54, 1.807) is 0 Å². The van der Waals surface area contributed by atoms with Gasteiger partial charge in [0.2, 0.25) is 0 Å². The quantitative estimate of drug-likeness (QED) is 0.493. The normalized spacial score (nSPS) is 13.9. The summed E-state index contributed by atoms with van der Waals surface area (Å²) in [5.74, 6) is 0. The zero-order valence-corrected chi connectivity index (χ0v) is 11.7. The van der Waals surface area contributed by atoms with Gasteiger partial charge in [0.15, 0.2) is 0 Å². The molecule has 0 spiro atoms. The second-order valence-electron chi connectivity index (χ2n) is 5.37. The molecular formula is C12H26NP. The van der Waals surface area contributed by atoms with Crippen LogP contribution in [0.2, 0.25) is 0 Å². The average molecular weight is 215 g/mol. The Hall–Kier alpha value is 0.100. The standard InChI is InChI=1S/C12H26NP/c1-10(2)14(11(3)4)9-8-13-12(5,6)7/h8,10-11H,9H2,1-7H3. The van der Waals surface area contributed by atoms with Crippen molar-refractivity contribution in [2.24, 2.45) is 4.99 Å². The van der Waals surface area contributed by atoms with E-state index in [4.69, 9.17) is 0 Å². The van der Waals surface area contributed by atoms with E-state index in [9.17, 15) is 0 Å². The van der Waals surface area contributed by atoms with Gasteiger partial charge in [-0.2, -0.15) is 0 Å². The molecule has 1 nitrogen and oxygen atoms in total. The van der Waals surface area contributed by atoms with Crippen LogP contribution in [0.15, 0.2) is 4.99 Å². The lowest BCUT2D eigenvalue weighted by Crippen LogP contribution is -2.12. The summed E-state index contributed by atoms with van der Waals surface area (Å²) in [6.45, 7) is 15.8. The van der Waals surface area contributed by atoms with Gasteiger partial charge in [0.25, 0.3) is 0 Å². The number of aliphatic imine (C=N–C) groups is 1. The van der Waals surface area contributed by atoms with Crippen LogP contribution in [0.3, 0.4) is 0 Å². The monoisotopic (exact) mass is 215 g/mol. The van der Waals surface area contributed by atoms with Gasteiger partial charge in [0, 0.05) is 12.4 Å². The maximum atomic E-state index is 4.55. The summed E-state index contributed by atoms with van der Waals surface area (Å²) in [7, 11) is 0.119. The van der Waals surface area contributed by atoms with Crippen LogP contribution in [0, 0.1) is 0 Å². The molecule has 0 N–H and O–H groups in total. The highest BCUT2D eigenvalue weighted by Gasteiger charge is 2.15. The summed E-state index contributed by atoms with van der Waals surface area (Å²) < 4.78 is 0. The minimum Gasteiger partial charge on any atom is -0.291 e. The van der Waals surface area contributed by atoms with Crippen molar-refractivity contribution in [3.63, 3.8) is 0 Å². The zero-order chi connectivity index (χ0) is 11.4. The van der Waals surface area contributed by atoms with E-state index in [-0.39, 0.29) is 13.5 Å². The molecule has 0 unspecified atom stereocenters. The predicted octanol–water partition coefficient (Wildman–Crippen LogP) is 4.15. The van der Waals surface area contributed by atoms with Crippen molar-refractivity contribution < 1.29 is 0 Å². The van der Waals surface area contributed by atoms with Gasteiger partial charge >= 0.3 is 0 Å². The van der Waals surface area contributed by atoms with E-state index in [0.717, 1.165) is 11.3 Å². The fraction of sp³-hybridized carbons (Fsp3) is 0.917. The van der Waals surface area contributed by atoms with E-state index < -0.39 is 0 Å². The van der Waals surface area contributed by atoms with Crippen LogP contribution in [-0.2, 0) is 0 Å². The molecule has 0 aromatic carbocycles. The van der Waals surface area contributed by atoms with Crippen molar-refractivity contribution in [3.05, 3.63) is 0 Å². The summed E-state index contributed by atoms with van der Waals surface area (Å²) in [5.41, 5.74) is 1.72. The van der Waals surface area contributed by atoms with Crippen LogP contribution in [0.5, 0.6) is 0 Å². The van der Waals surface area contributed by atoms with Gasteiger partial charge in [-0.1, -0.05) is 35.6 Å². The lowest BCUT2D eigenvalue weighted by molar-refractivity contribution is 0.586. The molecule has 14 heavy (non-hydrogen) atoms. The minimum atomic E-state index is 0.0922. The molecule has 2 heteroatoms. The molecule has 0 heterocycles. The van der Waals surface area contributed by atoms with E-state index in [1.807, 2.05) is 0 Å². The molecule has 0 rings (SSSR count). The molecule has 0 aliphatic carbocycles. The number of rotatable bonds is 4. The maximum Gasteiger partial charge on any atom is 0.0520 e. The Labute approximate surface area is 91.1 Å². The van der Waals surface area contributed by atoms with Gasteiger partial charge in [-0.05, 0) is 32.1 Å². The molecule has 0 aromatic rings. The number of nitrogens with zero attached hydrogens (tertiary/aromatic N) is 1. The molecule has 0 aliphatic heterocycles. The highest BCUT2D eigenvalue weighted by molar-refractivity contribution is 7.59. The van der Waals surface area contributed by atoms with Crippen molar-refractivity contribution in [2.75, 3.05) is 6.16 Å². The molecule has 0 atom stereocenters. The van der Waals surface area contributed by atoms with Gasteiger partial charge in [-0.3, -0.25) is 4.99 Å². The third kappa shape index (κ3) is 6.54. The van der Waals surface area contributed by atoms with Crippen LogP contribution in [-0.4, -0.2) is 29.2 Å². The van der Waals surface area contributed by atoms with Crippen LogP contribution in [0.1, 0.15) is 48.5 Å². The van der Waals surface area contributed by atoms with Crippen molar-refractivity contribution in [3.8, 4) is 0 Å². The number of hydrogen-bond donors (Lipinski definition) is 0. The van der Waals surface area contributed by atoms with Crippen molar-refractivity contribution in [1.29, 1.82) is 0 Å². The first kappa shape index (κ1) is 14.1. The molecule has 0 saturated carbocycles. The fourth-order valence-corrected chi connectivity index (χ4v) is 3.73. The highest BCUT2D eigenvalue weighted by Crippen LogP contribution is 2.44. The van der Waals surface area contributed by atoms with Crippen LogP contribution >= 0.6 is 7.92 Å². The van der Waals surface area contributed by atoms with Gasteiger partial charge in [0.05, 0.1) is 5.54 Å². The molecule has 0 saturated heterocycles. The smallest absolute Gasteiger partial charge is 0.0520 e. The Morgan fingerprint density at radius 2 is 1.50 bits per heavy atom. The minimum absolute atomic E-state index is 0.0922. The molecule has 0 radical (unpaired) electrons. The molecule has 0 bridgehead atoms. The molecule has 0 aliphatic rings. The van der Waals surface area contributed by atoms with E-state index >= 15 is 0 Å². The van der Waals surface area contributed by atoms with Crippen molar-refractivity contribution >= 4 is 14.1 Å². The summed E-state index contributed by atoms with van der Waals surface area (Å²) in [6.07, 6.45) is 3.33. The van der Waals surface area contributed by atoms with E-state index in [2.05, 4.69) is 59.7 Å². The van der Waals surface area contributed by atoms with Crippen molar-refractivity contribution in [2.45, 2.75) is 65.3 Å². The van der Waals surface area contributed by atoms with Crippen molar-refractivity contribution in [1.82, 2.24) is 0 Å². The Balaban J connectivity index is 4.14. The Kier molecular flexibility index (Phi) is 5.90. The average Bonchev–Trinajstić information content (AvgIpc) is 1.94. The molecule has 84 valence electrons. The molecule has 0 fully saturated rings. The summed E-state index contributed by atoms with van der Waals surface area (Å²) in [4.78, 5) is 4.55. The first-order chi connectivity index (χ1) is 6.24. The molecule has 0 amide bonds. The molecular weight excluding hydrogens is 189 g/mol. The topological polar surface area (TPSA) is 12.4 Å². The van der Waals surface area contributed by atoms with Gasteiger partial charge < -0.3 is 0 Å². The summed E-state index contributed by atoms with van der Waals surface area (Å²) in [6, 6.07) is 0. The molecule has 0 aromatic heterocycles. The third-order valence-electron chi connectivity index (χ3n) is 2.10. The first-order valence-electron chi connectivity index (χ1n) is 5.53. The Bertz CT molecular complexity index is 169. The lowest BCUT2D eigenvalue weighted by atomic mass is 10.1. The second kappa shape index (κ2) is 5.85. The predicted molar refractivity (Wildman–Crippen MR) is 70.3 cm³/mol. The third-order valence-corrected chi connectivity index (χ3v) is 5.34. The highest BCUT2D eigenvalue weighted by atomic mass is 31.1. The van der Waals surface area contributed by atoms with Crippen LogP contribution in [0.4, 0.5) is 0 Å².